The molecule has 1 atom stereocenters. The highest BCUT2D eigenvalue weighted by Crippen LogP contribution is 2.32. The van der Waals surface area contributed by atoms with Gasteiger partial charge in [0.05, 0.1) is 6.54 Å². The Morgan fingerprint density at radius 3 is 2.53 bits per heavy atom. The molecular formula is C15H20N2OS. The van der Waals surface area contributed by atoms with Crippen LogP contribution < -0.4 is 5.32 Å². The summed E-state index contributed by atoms with van der Waals surface area (Å²) in [5.41, 5.74) is 1.20. The molecule has 1 amide bonds. The van der Waals surface area contributed by atoms with Crippen molar-refractivity contribution < 1.29 is 4.79 Å². The molecular weight excluding hydrogens is 256 g/mol. The second-order valence-corrected chi connectivity index (χ2v) is 6.18. The van der Waals surface area contributed by atoms with Crippen molar-refractivity contribution in [2.24, 2.45) is 0 Å². The van der Waals surface area contributed by atoms with Crippen LogP contribution in [0.4, 0.5) is 0 Å². The average Bonchev–Trinajstić information content (AvgIpc) is 3.08. The zero-order valence-corrected chi connectivity index (χ0v) is 12.1. The van der Waals surface area contributed by atoms with Gasteiger partial charge in [0.2, 0.25) is 5.91 Å². The molecule has 19 heavy (non-hydrogen) atoms. The molecule has 0 bridgehead atoms. The first-order chi connectivity index (χ1) is 9.29. The molecule has 3 rings (SSSR count). The number of rotatable bonds is 3. The van der Waals surface area contributed by atoms with Crippen molar-refractivity contribution in [2.75, 3.05) is 12.8 Å². The minimum atomic E-state index is 0.0755. The highest BCUT2D eigenvalue weighted by atomic mass is 32.2. The van der Waals surface area contributed by atoms with E-state index in [1.165, 1.54) is 23.3 Å². The van der Waals surface area contributed by atoms with Crippen LogP contribution in [0.5, 0.6) is 0 Å². The van der Waals surface area contributed by atoms with E-state index >= 15 is 0 Å². The lowest BCUT2D eigenvalue weighted by atomic mass is 10.1. The van der Waals surface area contributed by atoms with Crippen LogP contribution in [0.3, 0.4) is 0 Å². The minimum Gasteiger partial charge on any atom is -0.319 e. The molecule has 1 aromatic carbocycles. The smallest absolute Gasteiger partial charge is 0.238 e. The van der Waals surface area contributed by atoms with Gasteiger partial charge >= 0.3 is 0 Å². The summed E-state index contributed by atoms with van der Waals surface area (Å²) in [6.07, 6.45) is 6.99. The normalized spacial score (nSPS) is 24.4. The van der Waals surface area contributed by atoms with Crippen LogP contribution in [-0.2, 0) is 4.79 Å². The fraction of sp³-hybridized carbons (Fsp3) is 0.533. The van der Waals surface area contributed by atoms with Gasteiger partial charge < -0.3 is 4.90 Å². The lowest BCUT2D eigenvalue weighted by Crippen LogP contribution is -2.38. The molecule has 1 unspecified atom stereocenters. The summed E-state index contributed by atoms with van der Waals surface area (Å²) >= 11 is 1.75. The van der Waals surface area contributed by atoms with Crippen molar-refractivity contribution >= 4 is 17.7 Å². The van der Waals surface area contributed by atoms with Crippen LogP contribution in [0, 0.1) is 0 Å². The number of carbonyl (C=O) groups excluding carboxylic acids is 1. The molecule has 0 radical (unpaired) electrons. The van der Waals surface area contributed by atoms with Gasteiger partial charge in [0.1, 0.15) is 6.17 Å². The maximum atomic E-state index is 12.1. The highest BCUT2D eigenvalue weighted by Gasteiger charge is 2.37. The third kappa shape index (κ3) is 2.51. The maximum absolute atomic E-state index is 12.1. The number of nitrogens with one attached hydrogen (secondary N) is 1. The Labute approximate surface area is 118 Å². The standard InChI is InChI=1S/C15H20N2OS/c1-19-13-8-6-11(7-9-13)15-16-10-14(18)17(15)12-4-2-3-5-12/h6-9,12,15-16H,2-5,10H2,1H3. The summed E-state index contributed by atoms with van der Waals surface area (Å²) in [5.74, 6) is 0.255. The Morgan fingerprint density at radius 2 is 1.89 bits per heavy atom. The summed E-state index contributed by atoms with van der Waals surface area (Å²) < 4.78 is 0. The van der Waals surface area contributed by atoms with Gasteiger partial charge in [-0.25, -0.2) is 0 Å². The fourth-order valence-corrected chi connectivity index (χ4v) is 3.59. The SMILES string of the molecule is CSc1ccc(C2NCC(=O)N2C2CCCC2)cc1. The van der Waals surface area contributed by atoms with Crippen LogP contribution in [0.1, 0.15) is 37.4 Å². The zero-order valence-electron chi connectivity index (χ0n) is 11.3. The maximum Gasteiger partial charge on any atom is 0.238 e. The molecule has 1 aromatic rings. The van der Waals surface area contributed by atoms with Gasteiger partial charge in [-0.2, -0.15) is 0 Å². The zero-order chi connectivity index (χ0) is 13.2. The van der Waals surface area contributed by atoms with Crippen LogP contribution in [-0.4, -0.2) is 29.6 Å². The fourth-order valence-electron chi connectivity index (χ4n) is 3.18. The number of nitrogens with zero attached hydrogens (tertiary/aromatic N) is 1. The lowest BCUT2D eigenvalue weighted by molar-refractivity contribution is -0.130. The van der Waals surface area contributed by atoms with Crippen LogP contribution >= 0.6 is 11.8 Å². The Hall–Kier alpha value is -1.00. The summed E-state index contributed by atoms with van der Waals surface area (Å²) in [6.45, 7) is 0.478. The monoisotopic (exact) mass is 276 g/mol. The van der Waals surface area contributed by atoms with E-state index in [1.54, 1.807) is 11.8 Å². The van der Waals surface area contributed by atoms with E-state index in [0.29, 0.717) is 12.6 Å². The predicted octanol–water partition coefficient (Wildman–Crippen LogP) is 2.78. The van der Waals surface area contributed by atoms with Crippen molar-refractivity contribution in [3.8, 4) is 0 Å². The first-order valence-electron chi connectivity index (χ1n) is 6.98. The molecule has 2 fully saturated rings. The van der Waals surface area contributed by atoms with E-state index in [2.05, 4.69) is 40.7 Å². The second kappa shape index (κ2) is 5.55. The molecule has 1 saturated carbocycles. The van der Waals surface area contributed by atoms with Gasteiger partial charge in [-0.05, 0) is 36.8 Å². The van der Waals surface area contributed by atoms with Crippen molar-refractivity contribution in [1.82, 2.24) is 10.2 Å². The topological polar surface area (TPSA) is 32.3 Å². The summed E-state index contributed by atoms with van der Waals surface area (Å²) in [7, 11) is 0. The Morgan fingerprint density at radius 1 is 1.21 bits per heavy atom. The Kier molecular flexibility index (Phi) is 3.80. The van der Waals surface area contributed by atoms with E-state index in [4.69, 9.17) is 0 Å². The third-order valence-corrected chi connectivity index (χ3v) is 4.91. The number of thioether (sulfide) groups is 1. The number of hydrogen-bond acceptors (Lipinski definition) is 3. The number of carbonyl (C=O) groups is 1. The molecule has 2 aliphatic rings. The number of amides is 1. The predicted molar refractivity (Wildman–Crippen MR) is 78.1 cm³/mol. The number of benzene rings is 1. The Balaban J connectivity index is 1.83. The van der Waals surface area contributed by atoms with E-state index < -0.39 is 0 Å². The molecule has 1 aliphatic carbocycles. The van der Waals surface area contributed by atoms with Crippen molar-refractivity contribution in [2.45, 2.75) is 42.8 Å². The average molecular weight is 276 g/mol. The molecule has 3 nitrogen and oxygen atoms in total. The van der Waals surface area contributed by atoms with E-state index in [0.717, 1.165) is 12.8 Å². The quantitative estimate of drug-likeness (QED) is 0.862. The Bertz CT molecular complexity index is 454. The van der Waals surface area contributed by atoms with Crippen LogP contribution in [0.15, 0.2) is 29.2 Å². The third-order valence-electron chi connectivity index (χ3n) is 4.16. The molecule has 102 valence electrons. The molecule has 1 heterocycles. The van der Waals surface area contributed by atoms with Crippen LogP contribution in [0.25, 0.3) is 0 Å². The van der Waals surface area contributed by atoms with E-state index in [-0.39, 0.29) is 12.1 Å². The van der Waals surface area contributed by atoms with Gasteiger partial charge in [-0.15, -0.1) is 11.8 Å². The lowest BCUT2D eigenvalue weighted by Gasteiger charge is -2.30. The van der Waals surface area contributed by atoms with Crippen molar-refractivity contribution in [3.63, 3.8) is 0 Å². The summed E-state index contributed by atoms with van der Waals surface area (Å²) in [6, 6.07) is 9.00. The molecule has 0 spiro atoms. The van der Waals surface area contributed by atoms with E-state index in [9.17, 15) is 4.79 Å². The van der Waals surface area contributed by atoms with Crippen LogP contribution in [0.2, 0.25) is 0 Å². The van der Waals surface area contributed by atoms with Gasteiger partial charge in [0.25, 0.3) is 0 Å². The largest absolute Gasteiger partial charge is 0.319 e. The highest BCUT2D eigenvalue weighted by molar-refractivity contribution is 7.98. The first-order valence-corrected chi connectivity index (χ1v) is 8.20. The van der Waals surface area contributed by atoms with Crippen molar-refractivity contribution in [3.05, 3.63) is 29.8 Å². The molecule has 1 saturated heterocycles. The van der Waals surface area contributed by atoms with E-state index in [1.807, 2.05) is 0 Å². The minimum absolute atomic E-state index is 0.0755. The van der Waals surface area contributed by atoms with Gasteiger partial charge in [-0.3, -0.25) is 10.1 Å². The number of hydrogen-bond donors (Lipinski definition) is 1. The first kappa shape index (κ1) is 13.0. The summed E-state index contributed by atoms with van der Waals surface area (Å²) in [4.78, 5) is 15.5. The second-order valence-electron chi connectivity index (χ2n) is 5.30. The van der Waals surface area contributed by atoms with Gasteiger partial charge in [0, 0.05) is 10.9 Å². The molecule has 1 aliphatic heterocycles. The molecule has 0 aromatic heterocycles. The van der Waals surface area contributed by atoms with Crippen molar-refractivity contribution in [1.29, 1.82) is 0 Å². The molecule has 1 N–H and O–H groups in total. The van der Waals surface area contributed by atoms with Gasteiger partial charge in [0.15, 0.2) is 0 Å². The summed E-state index contributed by atoms with van der Waals surface area (Å²) in [5, 5.41) is 3.36. The van der Waals surface area contributed by atoms with Gasteiger partial charge in [-0.1, -0.05) is 25.0 Å². The molecule has 4 heteroatoms.